The Bertz CT molecular complexity index is 2850. The summed E-state index contributed by atoms with van der Waals surface area (Å²) in [5, 5.41) is 14.5. The van der Waals surface area contributed by atoms with Crippen LogP contribution in [0.4, 0.5) is 0 Å². The highest BCUT2D eigenvalue weighted by atomic mass is 15.0. The largest absolute Gasteiger partial charge is 0.307 e. The number of benzene rings is 5. The van der Waals surface area contributed by atoms with E-state index in [1.807, 2.05) is 42.7 Å². The first-order valence-corrected chi connectivity index (χ1v) is 16.9. The van der Waals surface area contributed by atoms with E-state index in [0.717, 1.165) is 77.2 Å². The van der Waals surface area contributed by atoms with Crippen molar-refractivity contribution < 1.29 is 0 Å². The van der Waals surface area contributed by atoms with Crippen molar-refractivity contribution in [3.05, 3.63) is 164 Å². The fourth-order valence-electron chi connectivity index (χ4n) is 7.45. The molecule has 0 aliphatic rings. The number of hydrogen-bond donors (Lipinski definition) is 0. The van der Waals surface area contributed by atoms with Gasteiger partial charge in [0, 0.05) is 63.0 Å². The lowest BCUT2D eigenvalue weighted by molar-refractivity contribution is 1.09. The maximum absolute atomic E-state index is 10.1. The van der Waals surface area contributed by atoms with Crippen LogP contribution in [0.25, 0.3) is 88.9 Å². The van der Waals surface area contributed by atoms with Gasteiger partial charge in [-0.25, -0.2) is 19.9 Å². The van der Waals surface area contributed by atoms with Crippen molar-refractivity contribution in [2.75, 3.05) is 0 Å². The smallest absolute Gasteiger partial charge is 0.159 e. The van der Waals surface area contributed by atoms with Gasteiger partial charge in [0.05, 0.1) is 57.5 Å². The zero-order valence-corrected chi connectivity index (χ0v) is 27.6. The van der Waals surface area contributed by atoms with Crippen LogP contribution in [0, 0.1) is 11.3 Å². The molecule has 10 aromatic rings. The Morgan fingerprint density at radius 1 is 0.442 bits per heavy atom. The molecule has 0 amide bonds. The Labute approximate surface area is 297 Å². The summed E-state index contributed by atoms with van der Waals surface area (Å²) < 4.78 is 4.55. The first-order valence-electron chi connectivity index (χ1n) is 16.9. The Morgan fingerprint density at radius 2 is 0.942 bits per heavy atom. The molecule has 10 rings (SSSR count). The predicted octanol–water partition coefficient (Wildman–Crippen LogP) is 9.73. The molecule has 8 nitrogen and oxygen atoms in total. The molecule has 0 N–H and O–H groups in total. The van der Waals surface area contributed by atoms with E-state index in [-0.39, 0.29) is 0 Å². The summed E-state index contributed by atoms with van der Waals surface area (Å²) in [7, 11) is 0. The molecule has 0 spiro atoms. The van der Waals surface area contributed by atoms with E-state index in [1.54, 1.807) is 24.8 Å². The molecule has 0 bridgehead atoms. The Hall–Kier alpha value is -7.50. The van der Waals surface area contributed by atoms with Crippen LogP contribution in [-0.4, -0.2) is 34.1 Å². The van der Waals surface area contributed by atoms with Gasteiger partial charge in [0.15, 0.2) is 11.6 Å². The lowest BCUT2D eigenvalue weighted by Crippen LogP contribution is -2.05. The molecule has 0 atom stereocenters. The molecule has 0 saturated carbocycles. The molecule has 0 saturated heterocycles. The van der Waals surface area contributed by atoms with Gasteiger partial charge >= 0.3 is 0 Å². The number of pyridine rings is 1. The number of nitriles is 1. The number of nitrogens with zero attached hydrogens (tertiary/aromatic N) is 8. The third-order valence-corrected chi connectivity index (χ3v) is 9.66. The first kappa shape index (κ1) is 29.4. The van der Waals surface area contributed by atoms with Gasteiger partial charge < -0.3 is 9.13 Å². The summed E-state index contributed by atoms with van der Waals surface area (Å²) in [6, 6.07) is 43.4. The van der Waals surface area contributed by atoms with Crippen molar-refractivity contribution in [2.45, 2.75) is 0 Å². The van der Waals surface area contributed by atoms with E-state index in [1.165, 1.54) is 0 Å². The third kappa shape index (κ3) is 4.57. The van der Waals surface area contributed by atoms with Crippen LogP contribution in [-0.2, 0) is 0 Å². The quantitative estimate of drug-likeness (QED) is 0.181. The number of aromatic nitrogens is 7. The molecule has 0 radical (unpaired) electrons. The van der Waals surface area contributed by atoms with Crippen LogP contribution in [0.1, 0.15) is 5.56 Å². The summed E-state index contributed by atoms with van der Waals surface area (Å²) in [6.07, 6.45) is 10.9. The summed E-state index contributed by atoms with van der Waals surface area (Å²) in [6.45, 7) is 0. The van der Waals surface area contributed by atoms with Gasteiger partial charge in [-0.3, -0.25) is 4.98 Å². The Kier molecular flexibility index (Phi) is 6.69. The van der Waals surface area contributed by atoms with Crippen LogP contribution >= 0.6 is 0 Å². The highest BCUT2D eigenvalue weighted by Gasteiger charge is 2.23. The zero-order valence-electron chi connectivity index (χ0n) is 27.6. The molecule has 5 aromatic heterocycles. The molecule has 0 unspecified atom stereocenters. The standard InChI is InChI=1S/C44H26N8/c45-25-28-8-5-9-29(22-28)42-40(51-36-12-3-1-10-32(36)34-16-14-30(23-38(34)51)43-47-18-6-19-48-43)26-46-27-41(42)52-37-13-4-2-11-33(37)35-17-15-31(24-39(35)52)44-49-20-7-21-50-44/h1-24,26-27H. The summed E-state index contributed by atoms with van der Waals surface area (Å²) in [5.41, 5.74) is 10.0. The average molecular weight is 667 g/mol. The number of para-hydroxylation sites is 2. The highest BCUT2D eigenvalue weighted by Crippen LogP contribution is 2.42. The molecule has 5 aromatic carbocycles. The lowest BCUT2D eigenvalue weighted by Gasteiger charge is -2.20. The molecular weight excluding hydrogens is 641 g/mol. The second-order valence-corrected chi connectivity index (χ2v) is 12.6. The average Bonchev–Trinajstić information content (AvgIpc) is 3.73. The Balaban J connectivity index is 1.34. The van der Waals surface area contributed by atoms with Gasteiger partial charge in [0.2, 0.25) is 0 Å². The van der Waals surface area contributed by atoms with Gasteiger partial charge in [0.25, 0.3) is 0 Å². The third-order valence-electron chi connectivity index (χ3n) is 9.66. The van der Waals surface area contributed by atoms with Crippen molar-refractivity contribution in [3.8, 4) is 51.3 Å². The topological polar surface area (TPSA) is 98.1 Å². The Morgan fingerprint density at radius 3 is 1.46 bits per heavy atom. The number of hydrogen-bond acceptors (Lipinski definition) is 6. The van der Waals surface area contributed by atoms with E-state index >= 15 is 0 Å². The monoisotopic (exact) mass is 666 g/mol. The SMILES string of the molecule is N#Cc1cccc(-c2c(-n3c4ccccc4c4ccc(-c5ncccn5)cc43)cncc2-n2c3ccccc3c3ccc(-c4ncccn4)cc32)c1. The highest BCUT2D eigenvalue weighted by molar-refractivity contribution is 6.12. The van der Waals surface area contributed by atoms with E-state index in [0.29, 0.717) is 17.2 Å². The minimum atomic E-state index is 0.572. The molecule has 0 aliphatic carbocycles. The predicted molar refractivity (Wildman–Crippen MR) is 205 cm³/mol. The van der Waals surface area contributed by atoms with Gasteiger partial charge in [-0.05, 0) is 54.1 Å². The van der Waals surface area contributed by atoms with E-state index in [4.69, 9.17) is 4.98 Å². The van der Waals surface area contributed by atoms with Crippen molar-refractivity contribution >= 4 is 43.6 Å². The number of rotatable bonds is 5. The van der Waals surface area contributed by atoms with Crippen molar-refractivity contribution in [1.82, 2.24) is 34.1 Å². The van der Waals surface area contributed by atoms with Crippen LogP contribution in [0.5, 0.6) is 0 Å². The maximum Gasteiger partial charge on any atom is 0.159 e. The number of fused-ring (bicyclic) bond motifs is 6. The maximum atomic E-state index is 10.1. The molecular formula is C44H26N8. The van der Waals surface area contributed by atoms with Crippen molar-refractivity contribution in [3.63, 3.8) is 0 Å². The summed E-state index contributed by atoms with van der Waals surface area (Å²) in [4.78, 5) is 23.2. The fourth-order valence-corrected chi connectivity index (χ4v) is 7.45. The summed E-state index contributed by atoms with van der Waals surface area (Å²) in [5.74, 6) is 1.30. The molecule has 0 aliphatic heterocycles. The molecule has 242 valence electrons. The first-order chi connectivity index (χ1) is 25.8. The van der Waals surface area contributed by atoms with E-state index in [2.05, 4.69) is 126 Å². The fraction of sp³-hybridized carbons (Fsp3) is 0. The van der Waals surface area contributed by atoms with Gasteiger partial charge in [-0.2, -0.15) is 5.26 Å². The second-order valence-electron chi connectivity index (χ2n) is 12.6. The van der Waals surface area contributed by atoms with Crippen molar-refractivity contribution in [1.29, 1.82) is 5.26 Å². The van der Waals surface area contributed by atoms with Crippen LogP contribution in [0.15, 0.2) is 159 Å². The minimum Gasteiger partial charge on any atom is -0.307 e. The zero-order chi connectivity index (χ0) is 34.6. The van der Waals surface area contributed by atoms with Crippen LogP contribution in [0.2, 0.25) is 0 Å². The van der Waals surface area contributed by atoms with Crippen LogP contribution in [0.3, 0.4) is 0 Å². The summed E-state index contributed by atoms with van der Waals surface area (Å²) >= 11 is 0. The van der Waals surface area contributed by atoms with Crippen molar-refractivity contribution in [2.24, 2.45) is 0 Å². The van der Waals surface area contributed by atoms with Gasteiger partial charge in [0.1, 0.15) is 0 Å². The minimum absolute atomic E-state index is 0.572. The lowest BCUT2D eigenvalue weighted by atomic mass is 10.0. The van der Waals surface area contributed by atoms with E-state index in [9.17, 15) is 5.26 Å². The molecule has 8 heteroatoms. The second kappa shape index (κ2) is 11.8. The molecule has 5 heterocycles. The normalized spacial score (nSPS) is 11.4. The molecule has 0 fully saturated rings. The van der Waals surface area contributed by atoms with Crippen LogP contribution < -0.4 is 0 Å². The van der Waals surface area contributed by atoms with Gasteiger partial charge in [-0.15, -0.1) is 0 Å². The van der Waals surface area contributed by atoms with E-state index < -0.39 is 0 Å². The molecule has 52 heavy (non-hydrogen) atoms. The van der Waals surface area contributed by atoms with Gasteiger partial charge in [-0.1, -0.05) is 72.8 Å².